The van der Waals surface area contributed by atoms with Gasteiger partial charge in [-0.15, -0.1) is 0 Å². The fourth-order valence-electron chi connectivity index (χ4n) is 1.91. The number of nitrogens with one attached hydrogen (secondary N) is 1. The van der Waals surface area contributed by atoms with E-state index in [0.717, 1.165) is 25.9 Å². The van der Waals surface area contributed by atoms with Gasteiger partial charge >= 0.3 is 0 Å². The number of rotatable bonds is 2. The Morgan fingerprint density at radius 1 is 1.35 bits per heavy atom. The highest BCUT2D eigenvalue weighted by Gasteiger charge is 2.15. The Kier molecular flexibility index (Phi) is 3.53. The molecule has 0 aliphatic carbocycles. The lowest BCUT2D eigenvalue weighted by atomic mass is 10.2. The van der Waals surface area contributed by atoms with E-state index in [1.54, 1.807) is 13.0 Å². The van der Waals surface area contributed by atoms with Crippen LogP contribution in [0.3, 0.4) is 0 Å². The molecule has 2 heterocycles. The molecule has 1 aliphatic rings. The number of hydrazine groups is 1. The summed E-state index contributed by atoms with van der Waals surface area (Å²) >= 11 is 0. The van der Waals surface area contributed by atoms with Crippen molar-refractivity contribution in [3.8, 4) is 0 Å². The minimum Gasteiger partial charge on any atom is -0.368 e. The number of nitrogens with two attached hydrogens (primary N) is 1. The summed E-state index contributed by atoms with van der Waals surface area (Å²) in [6.07, 6.45) is 3.46. The van der Waals surface area contributed by atoms with Crippen molar-refractivity contribution in [1.82, 2.24) is 20.4 Å². The highest BCUT2D eigenvalue weighted by Crippen LogP contribution is 2.07. The number of amides is 1. The van der Waals surface area contributed by atoms with E-state index < -0.39 is 0 Å². The molecule has 1 fully saturated rings. The number of hydrogen-bond acceptors (Lipinski definition) is 5. The van der Waals surface area contributed by atoms with Crippen LogP contribution >= 0.6 is 0 Å². The van der Waals surface area contributed by atoms with Crippen molar-refractivity contribution in [2.24, 2.45) is 0 Å². The van der Waals surface area contributed by atoms with Crippen LogP contribution in [-0.2, 0) is 0 Å². The molecule has 6 heteroatoms. The molecule has 0 aromatic carbocycles. The van der Waals surface area contributed by atoms with Crippen molar-refractivity contribution in [2.45, 2.75) is 26.2 Å². The SMILES string of the molecule is Cc1cc(C(=O)NN2CCCCC2)nc(N)n1. The normalized spacial score (nSPS) is 16.8. The molecule has 3 N–H and O–H groups in total. The molecule has 1 amide bonds. The molecule has 92 valence electrons. The second kappa shape index (κ2) is 5.09. The number of piperidine rings is 1. The molecule has 0 atom stereocenters. The number of nitrogens with zero attached hydrogens (tertiary/aromatic N) is 3. The minimum atomic E-state index is -0.218. The maximum atomic E-state index is 11.9. The number of carbonyl (C=O) groups is 1. The Morgan fingerprint density at radius 3 is 2.71 bits per heavy atom. The van der Waals surface area contributed by atoms with E-state index in [2.05, 4.69) is 15.4 Å². The highest BCUT2D eigenvalue weighted by molar-refractivity contribution is 5.92. The van der Waals surface area contributed by atoms with Crippen LogP contribution in [0.4, 0.5) is 5.95 Å². The van der Waals surface area contributed by atoms with Crippen LogP contribution in [-0.4, -0.2) is 34.0 Å². The summed E-state index contributed by atoms with van der Waals surface area (Å²) in [5.74, 6) is -0.0853. The molecule has 17 heavy (non-hydrogen) atoms. The second-order valence-corrected chi connectivity index (χ2v) is 4.24. The van der Waals surface area contributed by atoms with E-state index in [-0.39, 0.29) is 11.9 Å². The van der Waals surface area contributed by atoms with Gasteiger partial charge in [0.05, 0.1) is 0 Å². The number of anilines is 1. The summed E-state index contributed by atoms with van der Waals surface area (Å²) in [5.41, 5.74) is 9.37. The van der Waals surface area contributed by atoms with E-state index in [1.807, 2.05) is 5.01 Å². The van der Waals surface area contributed by atoms with Crippen LogP contribution in [0.5, 0.6) is 0 Å². The summed E-state index contributed by atoms with van der Waals surface area (Å²) in [5, 5.41) is 1.93. The lowest BCUT2D eigenvalue weighted by Gasteiger charge is -2.26. The van der Waals surface area contributed by atoms with Crippen LogP contribution in [0.2, 0.25) is 0 Å². The third kappa shape index (κ3) is 3.13. The minimum absolute atomic E-state index is 0.133. The van der Waals surface area contributed by atoms with Gasteiger partial charge in [-0.25, -0.2) is 15.0 Å². The Hall–Kier alpha value is -1.69. The lowest BCUT2D eigenvalue weighted by molar-refractivity contribution is 0.0744. The molecular weight excluding hydrogens is 218 g/mol. The maximum absolute atomic E-state index is 11.9. The van der Waals surface area contributed by atoms with Crippen molar-refractivity contribution in [1.29, 1.82) is 0 Å². The summed E-state index contributed by atoms with van der Waals surface area (Å²) in [6, 6.07) is 1.63. The zero-order chi connectivity index (χ0) is 12.3. The monoisotopic (exact) mass is 235 g/mol. The van der Waals surface area contributed by atoms with Crippen molar-refractivity contribution in [2.75, 3.05) is 18.8 Å². The van der Waals surface area contributed by atoms with Gasteiger partial charge in [-0.2, -0.15) is 0 Å². The fourth-order valence-corrected chi connectivity index (χ4v) is 1.91. The maximum Gasteiger partial charge on any atom is 0.284 e. The van der Waals surface area contributed by atoms with Crippen molar-refractivity contribution < 1.29 is 4.79 Å². The lowest BCUT2D eigenvalue weighted by Crippen LogP contribution is -2.45. The summed E-state index contributed by atoms with van der Waals surface area (Å²) in [7, 11) is 0. The molecule has 1 saturated heterocycles. The average molecular weight is 235 g/mol. The van der Waals surface area contributed by atoms with Gasteiger partial charge in [-0.1, -0.05) is 6.42 Å². The first-order chi connectivity index (χ1) is 8.15. The van der Waals surface area contributed by atoms with Gasteiger partial charge in [0, 0.05) is 18.8 Å². The van der Waals surface area contributed by atoms with E-state index in [9.17, 15) is 4.79 Å². The molecule has 6 nitrogen and oxygen atoms in total. The largest absolute Gasteiger partial charge is 0.368 e. The topological polar surface area (TPSA) is 84.1 Å². The Labute approximate surface area is 100 Å². The molecule has 1 aromatic heterocycles. The van der Waals surface area contributed by atoms with Crippen LogP contribution in [0.15, 0.2) is 6.07 Å². The Balaban J connectivity index is 2.03. The number of carbonyl (C=O) groups excluding carboxylic acids is 1. The third-order valence-electron chi connectivity index (χ3n) is 2.72. The molecular formula is C11H17N5O. The summed E-state index contributed by atoms with van der Waals surface area (Å²) in [4.78, 5) is 19.8. The second-order valence-electron chi connectivity index (χ2n) is 4.24. The molecule has 0 bridgehead atoms. The molecule has 0 unspecified atom stereocenters. The van der Waals surface area contributed by atoms with E-state index >= 15 is 0 Å². The summed E-state index contributed by atoms with van der Waals surface area (Å²) in [6.45, 7) is 3.58. The standard InChI is InChI=1S/C11H17N5O/c1-8-7-9(14-11(12)13-8)10(17)15-16-5-3-2-4-6-16/h7H,2-6H2,1H3,(H,15,17)(H2,12,13,14). The number of hydrogen-bond donors (Lipinski definition) is 2. The van der Waals surface area contributed by atoms with Gasteiger partial charge in [0.15, 0.2) is 0 Å². The molecule has 0 radical (unpaired) electrons. The molecule has 1 aliphatic heterocycles. The zero-order valence-corrected chi connectivity index (χ0v) is 9.94. The van der Waals surface area contributed by atoms with Gasteiger partial charge in [-0.05, 0) is 25.8 Å². The predicted molar refractivity (Wildman–Crippen MR) is 64.1 cm³/mol. The number of aryl methyl sites for hydroxylation is 1. The van der Waals surface area contributed by atoms with Crippen molar-refractivity contribution >= 4 is 11.9 Å². The molecule has 0 spiro atoms. The van der Waals surface area contributed by atoms with Gasteiger partial charge < -0.3 is 5.73 Å². The van der Waals surface area contributed by atoms with Gasteiger partial charge in [0.1, 0.15) is 5.69 Å². The van der Waals surface area contributed by atoms with Crippen molar-refractivity contribution in [3.05, 3.63) is 17.5 Å². The van der Waals surface area contributed by atoms with Gasteiger partial charge in [0.2, 0.25) is 5.95 Å². The Bertz CT molecular complexity index is 394. The average Bonchev–Trinajstić information content (AvgIpc) is 2.29. The summed E-state index contributed by atoms with van der Waals surface area (Å²) < 4.78 is 0. The zero-order valence-electron chi connectivity index (χ0n) is 9.94. The Morgan fingerprint density at radius 2 is 2.06 bits per heavy atom. The first kappa shape index (κ1) is 11.8. The number of aromatic nitrogens is 2. The third-order valence-corrected chi connectivity index (χ3v) is 2.72. The molecule has 0 saturated carbocycles. The van der Waals surface area contributed by atoms with Crippen molar-refractivity contribution in [3.63, 3.8) is 0 Å². The van der Waals surface area contributed by atoms with Crippen LogP contribution < -0.4 is 11.2 Å². The first-order valence-electron chi connectivity index (χ1n) is 5.82. The van der Waals surface area contributed by atoms with Gasteiger partial charge in [0.25, 0.3) is 5.91 Å². The van der Waals surface area contributed by atoms with Crippen LogP contribution in [0.1, 0.15) is 35.4 Å². The van der Waals surface area contributed by atoms with E-state index in [4.69, 9.17) is 5.73 Å². The van der Waals surface area contributed by atoms with Crippen LogP contribution in [0, 0.1) is 6.92 Å². The fraction of sp³-hybridized carbons (Fsp3) is 0.545. The highest BCUT2D eigenvalue weighted by atomic mass is 16.2. The predicted octanol–water partition coefficient (Wildman–Crippen LogP) is 0.498. The van der Waals surface area contributed by atoms with E-state index in [0.29, 0.717) is 11.4 Å². The quantitative estimate of drug-likeness (QED) is 0.779. The smallest absolute Gasteiger partial charge is 0.284 e. The first-order valence-corrected chi connectivity index (χ1v) is 5.82. The molecule has 1 aromatic rings. The number of nitrogen functional groups attached to an aromatic ring is 1. The van der Waals surface area contributed by atoms with Gasteiger partial charge in [-0.3, -0.25) is 10.2 Å². The molecule has 2 rings (SSSR count). The van der Waals surface area contributed by atoms with Crippen LogP contribution in [0.25, 0.3) is 0 Å². The van der Waals surface area contributed by atoms with E-state index in [1.165, 1.54) is 6.42 Å².